The maximum Gasteiger partial charge on any atom is 0.292 e. The monoisotopic (exact) mass is 364 g/mol. The number of rotatable bonds is 5. The number of nitro groups is 1. The molecule has 0 saturated carbocycles. The maximum absolute atomic E-state index is 12.2. The second-order valence-electron chi connectivity index (χ2n) is 5.61. The molecule has 10 heteroatoms. The lowest BCUT2D eigenvalue weighted by atomic mass is 10.2. The van der Waals surface area contributed by atoms with E-state index in [4.69, 9.17) is 0 Å². The summed E-state index contributed by atoms with van der Waals surface area (Å²) >= 11 is 0. The van der Waals surface area contributed by atoms with Crippen LogP contribution in [-0.2, 0) is 14.6 Å². The lowest BCUT2D eigenvalue weighted by Gasteiger charge is -2.21. The van der Waals surface area contributed by atoms with Crippen LogP contribution in [0.2, 0.25) is 0 Å². The Labute approximate surface area is 144 Å². The van der Waals surface area contributed by atoms with Gasteiger partial charge in [-0.1, -0.05) is 12.1 Å². The molecule has 0 aliphatic carbocycles. The number of para-hydroxylation sites is 2. The van der Waals surface area contributed by atoms with Crippen LogP contribution < -0.4 is 5.32 Å². The van der Waals surface area contributed by atoms with Gasteiger partial charge in [0.1, 0.15) is 17.3 Å². The SMILES string of the molecule is CN(/C=C(/C#N)C(=O)Nc1ccccc1[N+](=O)[O-])C1CCS(=O)(=O)C1. The Morgan fingerprint density at radius 3 is 2.72 bits per heavy atom. The van der Waals surface area contributed by atoms with Crippen LogP contribution >= 0.6 is 0 Å². The molecule has 1 aliphatic heterocycles. The molecule has 0 radical (unpaired) electrons. The van der Waals surface area contributed by atoms with Crippen molar-refractivity contribution in [2.24, 2.45) is 0 Å². The predicted octanol–water partition coefficient (Wildman–Crippen LogP) is 1.06. The highest BCUT2D eigenvalue weighted by atomic mass is 32.2. The fourth-order valence-electron chi connectivity index (χ4n) is 2.47. The number of hydrogen-bond acceptors (Lipinski definition) is 7. The van der Waals surface area contributed by atoms with Crippen molar-refractivity contribution in [3.05, 3.63) is 46.2 Å². The molecule has 1 N–H and O–H groups in total. The minimum absolute atomic E-state index is 0.0234. The van der Waals surface area contributed by atoms with Crippen molar-refractivity contribution in [1.82, 2.24) is 4.90 Å². The predicted molar refractivity (Wildman–Crippen MR) is 90.2 cm³/mol. The second-order valence-corrected chi connectivity index (χ2v) is 7.83. The van der Waals surface area contributed by atoms with Crippen LogP contribution in [0.1, 0.15) is 6.42 Å². The molecule has 132 valence electrons. The van der Waals surface area contributed by atoms with E-state index in [1.54, 1.807) is 13.1 Å². The molecule has 1 aromatic carbocycles. The molecule has 1 atom stereocenters. The molecule has 1 fully saturated rings. The molecule has 0 bridgehead atoms. The summed E-state index contributed by atoms with van der Waals surface area (Å²) in [7, 11) is -1.51. The van der Waals surface area contributed by atoms with Crippen LogP contribution in [0.4, 0.5) is 11.4 Å². The minimum atomic E-state index is -3.10. The van der Waals surface area contributed by atoms with Crippen LogP contribution in [-0.4, -0.2) is 48.7 Å². The summed E-state index contributed by atoms with van der Waals surface area (Å²) in [5.41, 5.74) is -0.585. The molecule has 1 aromatic rings. The standard InChI is InChI=1S/C15H16N4O5S/c1-18(12-6-7-25(23,24)10-12)9-11(8-16)15(20)17-13-4-2-3-5-14(13)19(21)22/h2-5,9,12H,6-7,10H2,1H3,(H,17,20)/b11-9-. The van der Waals surface area contributed by atoms with E-state index in [0.29, 0.717) is 6.42 Å². The fourth-order valence-corrected chi connectivity index (χ4v) is 4.26. The Morgan fingerprint density at radius 2 is 2.16 bits per heavy atom. The number of sulfone groups is 1. The molecular weight excluding hydrogens is 348 g/mol. The first-order chi connectivity index (χ1) is 11.7. The molecule has 1 saturated heterocycles. The smallest absolute Gasteiger partial charge is 0.292 e. The molecule has 0 spiro atoms. The Morgan fingerprint density at radius 1 is 1.48 bits per heavy atom. The molecule has 1 amide bonds. The second kappa shape index (κ2) is 7.31. The first kappa shape index (κ1) is 18.4. The van der Waals surface area contributed by atoms with Crippen molar-refractivity contribution in [2.75, 3.05) is 23.9 Å². The number of carbonyl (C=O) groups is 1. The van der Waals surface area contributed by atoms with E-state index < -0.39 is 20.7 Å². The highest BCUT2D eigenvalue weighted by Crippen LogP contribution is 2.24. The Hall–Kier alpha value is -2.93. The molecule has 1 unspecified atom stereocenters. The topological polar surface area (TPSA) is 133 Å². The number of hydrogen-bond donors (Lipinski definition) is 1. The first-order valence-electron chi connectivity index (χ1n) is 7.32. The molecule has 25 heavy (non-hydrogen) atoms. The third-order valence-electron chi connectivity index (χ3n) is 3.83. The van der Waals surface area contributed by atoms with Gasteiger partial charge in [0, 0.05) is 25.4 Å². The summed E-state index contributed by atoms with van der Waals surface area (Å²) < 4.78 is 23.0. The van der Waals surface area contributed by atoms with Crippen LogP contribution in [0.25, 0.3) is 0 Å². The van der Waals surface area contributed by atoms with E-state index in [1.165, 1.54) is 35.4 Å². The van der Waals surface area contributed by atoms with Crippen molar-refractivity contribution in [3.8, 4) is 6.07 Å². The minimum Gasteiger partial charge on any atom is -0.375 e. The number of carbonyl (C=O) groups excluding carboxylic acids is 1. The lowest BCUT2D eigenvalue weighted by molar-refractivity contribution is -0.383. The number of nitrogens with one attached hydrogen (secondary N) is 1. The quantitative estimate of drug-likeness (QED) is 0.357. The Balaban J connectivity index is 2.17. The van der Waals surface area contributed by atoms with Crippen molar-refractivity contribution >= 4 is 27.1 Å². The summed E-state index contributed by atoms with van der Waals surface area (Å²) in [5, 5.41) is 22.5. The Kier molecular flexibility index (Phi) is 5.38. The molecule has 2 rings (SSSR count). The van der Waals surface area contributed by atoms with Crippen LogP contribution in [0, 0.1) is 21.4 Å². The zero-order chi connectivity index (χ0) is 18.6. The Bertz CT molecular complexity index is 872. The van der Waals surface area contributed by atoms with E-state index in [-0.39, 0.29) is 34.5 Å². The van der Waals surface area contributed by atoms with Gasteiger partial charge in [-0.05, 0) is 12.5 Å². The first-order valence-corrected chi connectivity index (χ1v) is 9.14. The lowest BCUT2D eigenvalue weighted by Crippen LogP contribution is -2.29. The maximum atomic E-state index is 12.2. The van der Waals surface area contributed by atoms with Crippen LogP contribution in [0.15, 0.2) is 36.0 Å². The number of nitrogens with zero attached hydrogens (tertiary/aromatic N) is 3. The van der Waals surface area contributed by atoms with E-state index in [2.05, 4.69) is 5.32 Å². The molecule has 1 aliphatic rings. The van der Waals surface area contributed by atoms with Crippen molar-refractivity contribution < 1.29 is 18.1 Å². The van der Waals surface area contributed by atoms with Crippen molar-refractivity contribution in [3.63, 3.8) is 0 Å². The van der Waals surface area contributed by atoms with E-state index in [9.17, 15) is 28.6 Å². The van der Waals surface area contributed by atoms with Gasteiger partial charge in [-0.3, -0.25) is 14.9 Å². The van der Waals surface area contributed by atoms with Crippen LogP contribution in [0.5, 0.6) is 0 Å². The zero-order valence-electron chi connectivity index (χ0n) is 13.4. The highest BCUT2D eigenvalue weighted by molar-refractivity contribution is 7.91. The summed E-state index contributed by atoms with van der Waals surface area (Å²) in [6, 6.07) is 7.00. The highest BCUT2D eigenvalue weighted by Gasteiger charge is 2.30. The van der Waals surface area contributed by atoms with Gasteiger partial charge in [0.25, 0.3) is 11.6 Å². The van der Waals surface area contributed by atoms with Gasteiger partial charge in [-0.25, -0.2) is 8.42 Å². The summed E-state index contributed by atoms with van der Waals surface area (Å²) in [5.74, 6) is -0.769. The van der Waals surface area contributed by atoms with Gasteiger partial charge in [0.05, 0.1) is 16.4 Å². The van der Waals surface area contributed by atoms with E-state index >= 15 is 0 Å². The van der Waals surface area contributed by atoms with Gasteiger partial charge < -0.3 is 10.2 Å². The van der Waals surface area contributed by atoms with Gasteiger partial charge in [0.2, 0.25) is 0 Å². The number of amides is 1. The average Bonchev–Trinajstić information content (AvgIpc) is 2.92. The van der Waals surface area contributed by atoms with E-state index in [1.807, 2.05) is 0 Å². The van der Waals surface area contributed by atoms with Gasteiger partial charge in [-0.2, -0.15) is 5.26 Å². The molecular formula is C15H16N4O5S. The third-order valence-corrected chi connectivity index (χ3v) is 5.58. The number of nitriles is 1. The average molecular weight is 364 g/mol. The van der Waals surface area contributed by atoms with Gasteiger partial charge >= 0.3 is 0 Å². The van der Waals surface area contributed by atoms with Gasteiger partial charge in [-0.15, -0.1) is 0 Å². The molecule has 9 nitrogen and oxygen atoms in total. The number of nitro benzene ring substituents is 1. The van der Waals surface area contributed by atoms with Crippen molar-refractivity contribution in [1.29, 1.82) is 5.26 Å². The van der Waals surface area contributed by atoms with E-state index in [0.717, 1.165) is 0 Å². The largest absolute Gasteiger partial charge is 0.375 e. The molecule has 1 heterocycles. The molecule has 0 aromatic heterocycles. The number of benzene rings is 1. The third kappa shape index (κ3) is 4.54. The number of anilines is 1. The zero-order valence-corrected chi connectivity index (χ0v) is 14.2. The normalized spacial score (nSPS) is 19.0. The van der Waals surface area contributed by atoms with Crippen molar-refractivity contribution in [2.45, 2.75) is 12.5 Å². The summed E-state index contributed by atoms with van der Waals surface area (Å²) in [6.45, 7) is 0. The van der Waals surface area contributed by atoms with Crippen LogP contribution in [0.3, 0.4) is 0 Å². The van der Waals surface area contributed by atoms with Gasteiger partial charge in [0.15, 0.2) is 9.84 Å². The fraction of sp³-hybridized carbons (Fsp3) is 0.333. The summed E-state index contributed by atoms with van der Waals surface area (Å²) in [4.78, 5) is 24.1. The summed E-state index contributed by atoms with van der Waals surface area (Å²) in [6.07, 6.45) is 1.68.